The van der Waals surface area contributed by atoms with Gasteiger partial charge in [-0.3, -0.25) is 40.9 Å². The van der Waals surface area contributed by atoms with Gasteiger partial charge in [-0.25, -0.2) is 0 Å². The van der Waals surface area contributed by atoms with Crippen LogP contribution in [-0.4, -0.2) is 33.8 Å². The minimum Gasteiger partial charge on any atom is -0.507 e. The lowest BCUT2D eigenvalue weighted by atomic mass is 9.92. The fraction of sp³-hybridized carbons (Fsp3) is 0.619. The van der Waals surface area contributed by atoms with E-state index in [4.69, 9.17) is 0 Å². The molecule has 2 rings (SSSR count). The van der Waals surface area contributed by atoms with Crippen LogP contribution in [0.15, 0.2) is 36.4 Å². The molecule has 2 unspecified atom stereocenters. The molecular weight excluding hydrogens is 656 g/mol. The molecule has 0 spiro atoms. The van der Waals surface area contributed by atoms with Gasteiger partial charge < -0.3 is 10.2 Å². The quantitative estimate of drug-likeness (QED) is 0.0445. The van der Waals surface area contributed by atoms with Crippen LogP contribution in [0, 0.1) is 11.8 Å². The number of hydrogen-bond donors (Lipinski definition) is 6. The van der Waals surface area contributed by atoms with E-state index in [-0.39, 0.29) is 40.4 Å². The van der Waals surface area contributed by atoms with Gasteiger partial charge >= 0.3 is 0 Å². The summed E-state index contributed by atoms with van der Waals surface area (Å²) in [6, 6.07) is 10.1. The Morgan fingerprint density at radius 3 is 1.42 bits per heavy atom. The van der Waals surface area contributed by atoms with Crippen molar-refractivity contribution in [3.8, 4) is 11.5 Å². The minimum absolute atomic E-state index is 0.115. The van der Waals surface area contributed by atoms with Gasteiger partial charge in [0.1, 0.15) is 11.5 Å². The molecule has 2 atom stereocenters. The third kappa shape index (κ3) is 16.1. The Hall–Kier alpha value is -4.08. The average molecular weight is 723 g/mol. The summed E-state index contributed by atoms with van der Waals surface area (Å²) in [5.41, 5.74) is 11.9. The maximum absolute atomic E-state index is 13.2. The number of phenols is 2. The molecule has 2 aromatic rings. The molecule has 0 radical (unpaired) electrons. The van der Waals surface area contributed by atoms with E-state index in [0.717, 1.165) is 62.5 Å². The molecule has 0 aliphatic heterocycles. The van der Waals surface area contributed by atoms with Crippen molar-refractivity contribution in [1.82, 2.24) is 21.7 Å². The van der Waals surface area contributed by atoms with E-state index in [2.05, 4.69) is 35.6 Å². The molecule has 6 N–H and O–H groups in total. The molecule has 0 heterocycles. The molecular formula is C42H66N4O6. The zero-order valence-electron chi connectivity index (χ0n) is 32.3. The van der Waals surface area contributed by atoms with Crippen molar-refractivity contribution in [2.45, 2.75) is 156 Å². The van der Waals surface area contributed by atoms with E-state index in [0.29, 0.717) is 38.5 Å². The van der Waals surface area contributed by atoms with Gasteiger partial charge in [0.2, 0.25) is 11.8 Å². The molecule has 0 aromatic heterocycles. The highest BCUT2D eigenvalue weighted by Gasteiger charge is 2.23. The lowest BCUT2D eigenvalue weighted by Gasteiger charge is -2.19. The summed E-state index contributed by atoms with van der Waals surface area (Å²) >= 11 is 0. The van der Waals surface area contributed by atoms with Crippen LogP contribution >= 0.6 is 0 Å². The summed E-state index contributed by atoms with van der Waals surface area (Å²) in [6.07, 6.45) is 18.7. The Balaban J connectivity index is 1.86. The van der Waals surface area contributed by atoms with Gasteiger partial charge in [0.15, 0.2) is 0 Å². The van der Waals surface area contributed by atoms with E-state index in [1.807, 2.05) is 19.1 Å². The van der Waals surface area contributed by atoms with E-state index < -0.39 is 17.7 Å². The number of phenolic OH excluding ortho intramolecular Hbond substituents is 2. The Morgan fingerprint density at radius 1 is 0.519 bits per heavy atom. The predicted molar refractivity (Wildman–Crippen MR) is 208 cm³/mol. The van der Waals surface area contributed by atoms with Crippen molar-refractivity contribution in [1.29, 1.82) is 0 Å². The van der Waals surface area contributed by atoms with Crippen LogP contribution in [0.1, 0.15) is 175 Å². The molecule has 0 bridgehead atoms. The number of amides is 4. The van der Waals surface area contributed by atoms with Crippen molar-refractivity contribution < 1.29 is 29.4 Å². The van der Waals surface area contributed by atoms with Gasteiger partial charge in [-0.1, -0.05) is 135 Å². The Labute approximate surface area is 312 Å². The van der Waals surface area contributed by atoms with Crippen molar-refractivity contribution in [2.24, 2.45) is 11.8 Å². The molecule has 0 saturated heterocycles. The fourth-order valence-corrected chi connectivity index (χ4v) is 6.55. The first-order chi connectivity index (χ1) is 25.1. The van der Waals surface area contributed by atoms with E-state index in [1.54, 1.807) is 19.1 Å². The standard InChI is InChI=1S/C42H66N4O6/c1-5-8-11-13-15-17-24-32-26-20-29-35(47)37(32)41(51)45-43-39(49)31(4)22-19-28-34(23-10-7-3)40(50)44-46-42(52)38-33(27-21-30-36(38)48)25-18-16-14-12-9-6-2/h20-21,26-27,29-31,34,47-48H,5-19,22-25,28H2,1-4H3,(H,43,49)(H,44,50)(H,45,51)(H,46,52). The Morgan fingerprint density at radius 2 is 0.942 bits per heavy atom. The van der Waals surface area contributed by atoms with Crippen molar-refractivity contribution in [3.05, 3.63) is 58.7 Å². The number of unbranched alkanes of at least 4 members (excludes halogenated alkanes) is 11. The highest BCUT2D eigenvalue weighted by molar-refractivity contribution is 6.00. The normalized spacial score (nSPS) is 12.2. The maximum atomic E-state index is 13.2. The number of nitrogens with one attached hydrogen (secondary N) is 4. The monoisotopic (exact) mass is 722 g/mol. The predicted octanol–water partition coefficient (Wildman–Crippen LogP) is 8.74. The van der Waals surface area contributed by atoms with Crippen LogP contribution in [0.2, 0.25) is 0 Å². The van der Waals surface area contributed by atoms with Gasteiger partial charge in [-0.15, -0.1) is 0 Å². The summed E-state index contributed by atoms with van der Waals surface area (Å²) in [6.45, 7) is 8.18. The highest BCUT2D eigenvalue weighted by atomic mass is 16.3. The van der Waals surface area contributed by atoms with Crippen LogP contribution in [0.5, 0.6) is 11.5 Å². The first-order valence-corrected chi connectivity index (χ1v) is 20.0. The maximum Gasteiger partial charge on any atom is 0.273 e. The van der Waals surface area contributed by atoms with Crippen molar-refractivity contribution in [3.63, 3.8) is 0 Å². The molecule has 0 saturated carbocycles. The molecule has 10 nitrogen and oxygen atoms in total. The lowest BCUT2D eigenvalue weighted by molar-refractivity contribution is -0.126. The highest BCUT2D eigenvalue weighted by Crippen LogP contribution is 2.25. The van der Waals surface area contributed by atoms with Crippen LogP contribution in [0.25, 0.3) is 0 Å². The Bertz CT molecular complexity index is 1380. The summed E-state index contributed by atoms with van der Waals surface area (Å²) in [5.74, 6) is -2.81. The minimum atomic E-state index is -0.559. The first kappa shape index (κ1) is 44.1. The molecule has 0 fully saturated rings. The summed E-state index contributed by atoms with van der Waals surface area (Å²) in [7, 11) is 0. The third-order valence-electron chi connectivity index (χ3n) is 9.82. The summed E-state index contributed by atoms with van der Waals surface area (Å²) in [5, 5.41) is 21.0. The smallest absolute Gasteiger partial charge is 0.273 e. The van der Waals surface area contributed by atoms with Gasteiger partial charge in [-0.2, -0.15) is 0 Å². The first-order valence-electron chi connectivity index (χ1n) is 20.0. The molecule has 52 heavy (non-hydrogen) atoms. The van der Waals surface area contributed by atoms with Gasteiger partial charge in [0, 0.05) is 11.8 Å². The number of rotatable bonds is 25. The van der Waals surface area contributed by atoms with Crippen LogP contribution < -0.4 is 21.7 Å². The third-order valence-corrected chi connectivity index (χ3v) is 9.82. The molecule has 10 heteroatoms. The summed E-state index contributed by atoms with van der Waals surface area (Å²) < 4.78 is 0. The van der Waals surface area contributed by atoms with Gasteiger partial charge in [0.25, 0.3) is 11.8 Å². The number of hydrogen-bond acceptors (Lipinski definition) is 6. The molecule has 2 aromatic carbocycles. The number of hydrazine groups is 2. The van der Waals surface area contributed by atoms with Crippen LogP contribution in [0.3, 0.4) is 0 Å². The molecule has 290 valence electrons. The van der Waals surface area contributed by atoms with Crippen molar-refractivity contribution >= 4 is 23.6 Å². The van der Waals surface area contributed by atoms with Gasteiger partial charge in [-0.05, 0) is 68.2 Å². The number of carbonyl (C=O) groups is 4. The lowest BCUT2D eigenvalue weighted by Crippen LogP contribution is -2.45. The second-order valence-electron chi connectivity index (χ2n) is 14.2. The number of benzene rings is 2. The second-order valence-corrected chi connectivity index (χ2v) is 14.2. The zero-order chi connectivity index (χ0) is 38.1. The summed E-state index contributed by atoms with van der Waals surface area (Å²) in [4.78, 5) is 52.3. The molecule has 0 aliphatic rings. The fourth-order valence-electron chi connectivity index (χ4n) is 6.55. The second kappa shape index (κ2) is 25.8. The molecule has 0 aliphatic carbocycles. The Kier molecular flexibility index (Phi) is 21.9. The number of carbonyl (C=O) groups excluding carboxylic acids is 4. The number of aromatic hydroxyl groups is 2. The molecule has 4 amide bonds. The average Bonchev–Trinajstić information content (AvgIpc) is 3.13. The van der Waals surface area contributed by atoms with Crippen LogP contribution in [-0.2, 0) is 22.4 Å². The zero-order valence-corrected chi connectivity index (χ0v) is 32.3. The van der Waals surface area contributed by atoms with E-state index >= 15 is 0 Å². The SMILES string of the molecule is CCCCCCCCc1cccc(O)c1C(=O)NNC(=O)C(C)CCCC(CCCC)C(=O)NNC(=O)c1c(O)cccc1CCCCCCCC. The van der Waals surface area contributed by atoms with E-state index in [9.17, 15) is 29.4 Å². The van der Waals surface area contributed by atoms with Crippen molar-refractivity contribution in [2.75, 3.05) is 0 Å². The van der Waals surface area contributed by atoms with Gasteiger partial charge in [0.05, 0.1) is 11.1 Å². The largest absolute Gasteiger partial charge is 0.507 e. The van der Waals surface area contributed by atoms with Crippen LogP contribution in [0.4, 0.5) is 0 Å². The van der Waals surface area contributed by atoms with E-state index in [1.165, 1.54) is 50.7 Å². The number of aryl methyl sites for hydroxylation is 2. The topological polar surface area (TPSA) is 157 Å².